The van der Waals surface area contributed by atoms with Gasteiger partial charge in [0.05, 0.1) is 0 Å². The normalized spacial score (nSPS) is 20.1. The van der Waals surface area contributed by atoms with Crippen molar-refractivity contribution in [3.63, 3.8) is 0 Å². The molecular weight excluding hydrogens is 242 g/mol. The van der Waals surface area contributed by atoms with Crippen LogP contribution in [0.25, 0.3) is 0 Å². The molecule has 0 spiro atoms. The molecule has 0 amide bonds. The Balaban J connectivity index is 2.14. The standard InChI is InChI=1S/C12H14ClNO3/c13-9-10(15)7(12(6-14)1-2-12)5-8-11(9)17-4-3-16-8/h5,15H,1-4,6,14H2. The van der Waals surface area contributed by atoms with Crippen molar-refractivity contribution in [3.8, 4) is 17.2 Å². The van der Waals surface area contributed by atoms with Gasteiger partial charge in [0.2, 0.25) is 0 Å². The Morgan fingerprint density at radius 2 is 2.06 bits per heavy atom. The molecular formula is C12H14ClNO3. The van der Waals surface area contributed by atoms with E-state index in [1.807, 2.05) is 6.07 Å². The van der Waals surface area contributed by atoms with Crippen LogP contribution in [0.5, 0.6) is 17.2 Å². The fourth-order valence-electron chi connectivity index (χ4n) is 2.27. The third-order valence-electron chi connectivity index (χ3n) is 3.56. The van der Waals surface area contributed by atoms with E-state index in [-0.39, 0.29) is 16.2 Å². The van der Waals surface area contributed by atoms with Crippen LogP contribution in [0, 0.1) is 0 Å². The largest absolute Gasteiger partial charge is 0.506 e. The number of nitrogens with two attached hydrogens (primary N) is 1. The van der Waals surface area contributed by atoms with Crippen LogP contribution in [0.3, 0.4) is 0 Å². The molecule has 0 bridgehead atoms. The van der Waals surface area contributed by atoms with Gasteiger partial charge in [0.15, 0.2) is 11.5 Å². The van der Waals surface area contributed by atoms with Crippen molar-refractivity contribution >= 4 is 11.6 Å². The Morgan fingerprint density at radius 1 is 1.35 bits per heavy atom. The molecule has 1 aliphatic heterocycles. The lowest BCUT2D eigenvalue weighted by atomic mass is 9.94. The maximum Gasteiger partial charge on any atom is 0.183 e. The first kappa shape index (κ1) is 11.0. The highest BCUT2D eigenvalue weighted by Gasteiger charge is 2.46. The molecule has 1 aromatic carbocycles. The summed E-state index contributed by atoms with van der Waals surface area (Å²) in [5, 5.41) is 10.4. The van der Waals surface area contributed by atoms with E-state index in [1.54, 1.807) is 0 Å². The van der Waals surface area contributed by atoms with Gasteiger partial charge in [0.25, 0.3) is 0 Å². The van der Waals surface area contributed by atoms with E-state index in [0.29, 0.717) is 31.3 Å². The minimum absolute atomic E-state index is 0.0823. The second-order valence-electron chi connectivity index (χ2n) is 4.60. The van der Waals surface area contributed by atoms with Gasteiger partial charge in [-0.05, 0) is 18.9 Å². The number of fused-ring (bicyclic) bond motifs is 1. The van der Waals surface area contributed by atoms with E-state index in [2.05, 4.69) is 0 Å². The number of aromatic hydroxyl groups is 1. The number of ether oxygens (including phenoxy) is 2. The van der Waals surface area contributed by atoms with E-state index in [0.717, 1.165) is 18.4 Å². The van der Waals surface area contributed by atoms with Crippen molar-refractivity contribution in [2.75, 3.05) is 19.8 Å². The van der Waals surface area contributed by atoms with E-state index in [4.69, 9.17) is 26.8 Å². The van der Waals surface area contributed by atoms with Crippen molar-refractivity contribution in [2.45, 2.75) is 18.3 Å². The molecule has 0 unspecified atom stereocenters. The van der Waals surface area contributed by atoms with Crippen LogP contribution < -0.4 is 15.2 Å². The zero-order chi connectivity index (χ0) is 12.0. The second-order valence-corrected chi connectivity index (χ2v) is 4.97. The molecule has 1 aliphatic carbocycles. The highest BCUT2D eigenvalue weighted by atomic mass is 35.5. The van der Waals surface area contributed by atoms with Gasteiger partial charge in [0, 0.05) is 17.5 Å². The summed E-state index contributed by atoms with van der Waals surface area (Å²) in [6.45, 7) is 1.47. The minimum atomic E-state index is -0.121. The van der Waals surface area contributed by atoms with Gasteiger partial charge in [-0.15, -0.1) is 0 Å². The molecule has 0 atom stereocenters. The van der Waals surface area contributed by atoms with E-state index in [1.165, 1.54) is 0 Å². The van der Waals surface area contributed by atoms with Gasteiger partial charge in [-0.1, -0.05) is 11.6 Å². The van der Waals surface area contributed by atoms with E-state index >= 15 is 0 Å². The molecule has 1 fully saturated rings. The van der Waals surface area contributed by atoms with Crippen LogP contribution in [0.2, 0.25) is 5.02 Å². The predicted octanol–water partition coefficient (Wildman–Crippen LogP) is 1.81. The van der Waals surface area contributed by atoms with Gasteiger partial charge in [-0.25, -0.2) is 0 Å². The van der Waals surface area contributed by atoms with Gasteiger partial charge in [-0.2, -0.15) is 0 Å². The van der Waals surface area contributed by atoms with Gasteiger partial charge >= 0.3 is 0 Å². The molecule has 5 heteroatoms. The lowest BCUT2D eigenvalue weighted by molar-refractivity contribution is 0.170. The van der Waals surface area contributed by atoms with Crippen LogP contribution in [0.15, 0.2) is 6.07 Å². The van der Waals surface area contributed by atoms with Crippen LogP contribution >= 0.6 is 11.6 Å². The molecule has 0 saturated heterocycles. The van der Waals surface area contributed by atoms with Crippen LogP contribution in [0.4, 0.5) is 0 Å². The Morgan fingerprint density at radius 3 is 2.71 bits per heavy atom. The Hall–Kier alpha value is -1.13. The number of phenols is 1. The number of rotatable bonds is 2. The van der Waals surface area contributed by atoms with Crippen LogP contribution in [-0.4, -0.2) is 24.9 Å². The number of halogens is 1. The topological polar surface area (TPSA) is 64.7 Å². The molecule has 17 heavy (non-hydrogen) atoms. The van der Waals surface area contributed by atoms with Crippen molar-refractivity contribution in [1.29, 1.82) is 0 Å². The zero-order valence-electron chi connectivity index (χ0n) is 9.33. The quantitative estimate of drug-likeness (QED) is 0.846. The molecule has 1 saturated carbocycles. The van der Waals surface area contributed by atoms with Gasteiger partial charge in [0.1, 0.15) is 24.0 Å². The number of hydrogen-bond acceptors (Lipinski definition) is 4. The molecule has 1 aromatic rings. The molecule has 92 valence electrons. The summed E-state index contributed by atoms with van der Waals surface area (Å²) >= 11 is 6.11. The maximum absolute atomic E-state index is 10.1. The predicted molar refractivity (Wildman–Crippen MR) is 64.1 cm³/mol. The fourth-order valence-corrected chi connectivity index (χ4v) is 2.52. The van der Waals surface area contributed by atoms with Gasteiger partial charge < -0.3 is 20.3 Å². The molecule has 0 aromatic heterocycles. The molecule has 4 nitrogen and oxygen atoms in total. The lowest BCUT2D eigenvalue weighted by Crippen LogP contribution is -2.21. The summed E-state index contributed by atoms with van der Waals surface area (Å²) < 4.78 is 10.9. The van der Waals surface area contributed by atoms with E-state index in [9.17, 15) is 5.11 Å². The van der Waals surface area contributed by atoms with E-state index < -0.39 is 0 Å². The smallest absolute Gasteiger partial charge is 0.183 e. The average molecular weight is 256 g/mol. The number of hydrogen-bond donors (Lipinski definition) is 2. The van der Waals surface area contributed by atoms with Crippen molar-refractivity contribution in [2.24, 2.45) is 5.73 Å². The van der Waals surface area contributed by atoms with Crippen LogP contribution in [-0.2, 0) is 5.41 Å². The number of phenolic OH excluding ortho intramolecular Hbond substituents is 1. The van der Waals surface area contributed by atoms with Crippen LogP contribution in [0.1, 0.15) is 18.4 Å². The molecule has 2 aliphatic rings. The monoisotopic (exact) mass is 255 g/mol. The third-order valence-corrected chi connectivity index (χ3v) is 3.92. The van der Waals surface area contributed by atoms with Crippen molar-refractivity contribution in [3.05, 3.63) is 16.7 Å². The highest BCUT2D eigenvalue weighted by molar-refractivity contribution is 6.34. The van der Waals surface area contributed by atoms with Gasteiger partial charge in [-0.3, -0.25) is 0 Å². The Labute approximate surface area is 104 Å². The first-order valence-electron chi connectivity index (χ1n) is 5.69. The summed E-state index contributed by atoms with van der Waals surface area (Å²) in [5.41, 5.74) is 6.43. The molecule has 3 N–H and O–H groups in total. The Kier molecular flexibility index (Phi) is 2.38. The number of benzene rings is 1. The molecule has 3 rings (SSSR count). The fraction of sp³-hybridized carbons (Fsp3) is 0.500. The Bertz CT molecular complexity index is 471. The summed E-state index contributed by atoms with van der Waals surface area (Å²) in [7, 11) is 0. The average Bonchev–Trinajstić information content (AvgIpc) is 3.15. The molecule has 0 radical (unpaired) electrons. The van der Waals surface area contributed by atoms with Crippen molar-refractivity contribution in [1.82, 2.24) is 0 Å². The summed E-state index contributed by atoms with van der Waals surface area (Å²) in [6.07, 6.45) is 1.96. The lowest BCUT2D eigenvalue weighted by Gasteiger charge is -2.23. The zero-order valence-corrected chi connectivity index (χ0v) is 10.1. The van der Waals surface area contributed by atoms with Crippen molar-refractivity contribution < 1.29 is 14.6 Å². The first-order chi connectivity index (χ1) is 8.18. The maximum atomic E-state index is 10.1. The first-order valence-corrected chi connectivity index (χ1v) is 6.07. The second kappa shape index (κ2) is 3.68. The summed E-state index contributed by atoms with van der Waals surface area (Å²) in [5.74, 6) is 1.12. The SMILES string of the molecule is NCC1(c2cc3c(c(Cl)c2O)OCCO3)CC1. The minimum Gasteiger partial charge on any atom is -0.506 e. The summed E-state index contributed by atoms with van der Waals surface area (Å²) in [4.78, 5) is 0. The molecule has 1 heterocycles. The highest BCUT2D eigenvalue weighted by Crippen LogP contribution is 2.55. The third kappa shape index (κ3) is 1.55. The summed E-state index contributed by atoms with van der Waals surface area (Å²) in [6, 6.07) is 1.82.